The van der Waals surface area contributed by atoms with Gasteiger partial charge in [-0.1, -0.05) is 26.0 Å². The Morgan fingerprint density at radius 2 is 2.21 bits per heavy atom. The maximum absolute atomic E-state index is 11.3. The molecule has 1 aliphatic rings. The minimum atomic E-state index is -0.283. The summed E-state index contributed by atoms with van der Waals surface area (Å²) < 4.78 is 0. The zero-order valence-corrected chi connectivity index (χ0v) is 8.62. The number of imide groups is 1. The van der Waals surface area contributed by atoms with Gasteiger partial charge in [-0.15, -0.1) is 0 Å². The van der Waals surface area contributed by atoms with Gasteiger partial charge < -0.3 is 4.90 Å². The Kier molecular flexibility index (Phi) is 3.68. The van der Waals surface area contributed by atoms with Crippen LogP contribution in [0.1, 0.15) is 20.3 Å². The van der Waals surface area contributed by atoms with E-state index < -0.39 is 0 Å². The van der Waals surface area contributed by atoms with Gasteiger partial charge in [0, 0.05) is 13.1 Å². The second-order valence-corrected chi connectivity index (χ2v) is 3.48. The molecule has 1 fully saturated rings. The van der Waals surface area contributed by atoms with Crippen LogP contribution in [0.3, 0.4) is 0 Å². The molecule has 0 aromatic heterocycles. The normalized spacial score (nSPS) is 23.0. The molecule has 1 rings (SSSR count). The van der Waals surface area contributed by atoms with Crippen molar-refractivity contribution in [1.29, 1.82) is 0 Å². The maximum Gasteiger partial charge on any atom is 0.324 e. The van der Waals surface area contributed by atoms with E-state index in [1.165, 1.54) is 0 Å². The average molecular weight is 196 g/mol. The first-order valence-electron chi connectivity index (χ1n) is 4.90. The molecule has 0 aliphatic carbocycles. The van der Waals surface area contributed by atoms with Crippen molar-refractivity contribution in [2.75, 3.05) is 13.1 Å². The smallest absolute Gasteiger partial charge is 0.320 e. The highest BCUT2D eigenvalue weighted by Gasteiger charge is 2.27. The molecule has 4 nitrogen and oxygen atoms in total. The maximum atomic E-state index is 11.3. The average Bonchev–Trinajstić information content (AvgIpc) is 2.14. The van der Waals surface area contributed by atoms with Crippen molar-refractivity contribution in [3.8, 4) is 0 Å². The highest BCUT2D eigenvalue weighted by atomic mass is 16.2. The molecule has 1 saturated heterocycles. The SMILES string of the molecule is CC/C=C/CN1CC(C)C(=O)NC1=O. The first kappa shape index (κ1) is 10.8. The number of allylic oxidation sites excluding steroid dienone is 1. The summed E-state index contributed by atoms with van der Waals surface area (Å²) in [5.74, 6) is -0.284. The van der Waals surface area contributed by atoms with Gasteiger partial charge >= 0.3 is 6.03 Å². The second kappa shape index (κ2) is 4.79. The van der Waals surface area contributed by atoms with E-state index in [9.17, 15) is 9.59 Å². The summed E-state index contributed by atoms with van der Waals surface area (Å²) in [6.45, 7) is 4.95. The van der Waals surface area contributed by atoms with E-state index in [1.807, 2.05) is 26.0 Å². The summed E-state index contributed by atoms with van der Waals surface area (Å²) in [7, 11) is 0. The van der Waals surface area contributed by atoms with Crippen LogP contribution in [0.5, 0.6) is 0 Å². The minimum Gasteiger partial charge on any atom is -0.320 e. The molecule has 1 unspecified atom stereocenters. The van der Waals surface area contributed by atoms with Crippen LogP contribution in [0.4, 0.5) is 4.79 Å². The van der Waals surface area contributed by atoms with E-state index in [0.29, 0.717) is 13.1 Å². The third-order valence-electron chi connectivity index (χ3n) is 2.19. The van der Waals surface area contributed by atoms with Crippen molar-refractivity contribution >= 4 is 11.9 Å². The minimum absolute atomic E-state index is 0.109. The van der Waals surface area contributed by atoms with E-state index in [0.717, 1.165) is 6.42 Å². The number of amides is 3. The van der Waals surface area contributed by atoms with E-state index in [4.69, 9.17) is 0 Å². The third kappa shape index (κ3) is 2.58. The summed E-state index contributed by atoms with van der Waals surface area (Å²) >= 11 is 0. The standard InChI is InChI=1S/C10H16N2O2/c1-3-4-5-6-12-7-8(2)9(13)11-10(12)14/h4-5,8H,3,6-7H2,1-2H3,(H,11,13,14)/b5-4+. The molecule has 1 atom stereocenters. The van der Waals surface area contributed by atoms with E-state index in [2.05, 4.69) is 5.32 Å². The number of urea groups is 1. The van der Waals surface area contributed by atoms with Crippen molar-refractivity contribution in [1.82, 2.24) is 10.2 Å². The summed E-state index contributed by atoms with van der Waals surface area (Å²) in [5, 5.41) is 2.32. The molecule has 1 heterocycles. The molecule has 3 amide bonds. The number of nitrogens with zero attached hydrogens (tertiary/aromatic N) is 1. The lowest BCUT2D eigenvalue weighted by Crippen LogP contribution is -2.53. The van der Waals surface area contributed by atoms with Gasteiger partial charge in [0.15, 0.2) is 0 Å². The van der Waals surface area contributed by atoms with Crippen LogP contribution in [0, 0.1) is 5.92 Å². The lowest BCUT2D eigenvalue weighted by Gasteiger charge is -2.29. The first-order chi connectivity index (χ1) is 6.65. The molecular weight excluding hydrogens is 180 g/mol. The largest absolute Gasteiger partial charge is 0.324 e. The van der Waals surface area contributed by atoms with Crippen molar-refractivity contribution in [2.45, 2.75) is 20.3 Å². The lowest BCUT2D eigenvalue weighted by atomic mass is 10.1. The zero-order valence-electron chi connectivity index (χ0n) is 8.62. The third-order valence-corrected chi connectivity index (χ3v) is 2.19. The van der Waals surface area contributed by atoms with Gasteiger partial charge in [-0.3, -0.25) is 10.1 Å². The Balaban J connectivity index is 2.49. The van der Waals surface area contributed by atoms with Gasteiger partial charge in [0.2, 0.25) is 5.91 Å². The Morgan fingerprint density at radius 3 is 2.86 bits per heavy atom. The van der Waals surface area contributed by atoms with Gasteiger partial charge in [-0.25, -0.2) is 4.79 Å². The topological polar surface area (TPSA) is 49.4 Å². The van der Waals surface area contributed by atoms with Crippen molar-refractivity contribution in [3.05, 3.63) is 12.2 Å². The van der Waals surface area contributed by atoms with Gasteiger partial charge in [-0.05, 0) is 6.42 Å². The number of carbonyl (C=O) groups is 2. The van der Waals surface area contributed by atoms with Gasteiger partial charge in [0.05, 0.1) is 5.92 Å². The van der Waals surface area contributed by atoms with Crippen LogP contribution < -0.4 is 5.32 Å². The number of hydrogen-bond acceptors (Lipinski definition) is 2. The highest BCUT2D eigenvalue weighted by Crippen LogP contribution is 2.06. The Hall–Kier alpha value is -1.32. The summed E-state index contributed by atoms with van der Waals surface area (Å²) in [6, 6.07) is -0.283. The summed E-state index contributed by atoms with van der Waals surface area (Å²) in [6.07, 6.45) is 4.92. The van der Waals surface area contributed by atoms with Crippen LogP contribution in [0.15, 0.2) is 12.2 Å². The molecular formula is C10H16N2O2. The molecule has 1 aliphatic heterocycles. The zero-order chi connectivity index (χ0) is 10.6. The Morgan fingerprint density at radius 1 is 1.50 bits per heavy atom. The Labute approximate surface area is 84.0 Å². The fourth-order valence-corrected chi connectivity index (χ4v) is 1.33. The van der Waals surface area contributed by atoms with Crippen molar-refractivity contribution < 1.29 is 9.59 Å². The highest BCUT2D eigenvalue weighted by molar-refractivity contribution is 5.97. The number of nitrogens with one attached hydrogen (secondary N) is 1. The molecule has 0 spiro atoms. The summed E-state index contributed by atoms with van der Waals surface area (Å²) in [4.78, 5) is 24.0. The Bertz CT molecular complexity index is 261. The predicted molar refractivity (Wildman–Crippen MR) is 53.7 cm³/mol. The predicted octanol–water partition coefficient (Wildman–Crippen LogP) is 1.14. The van der Waals surface area contributed by atoms with Gasteiger partial charge in [0.25, 0.3) is 0 Å². The van der Waals surface area contributed by atoms with E-state index >= 15 is 0 Å². The van der Waals surface area contributed by atoms with Crippen LogP contribution in [0.25, 0.3) is 0 Å². The molecule has 0 saturated carbocycles. The van der Waals surface area contributed by atoms with Crippen LogP contribution in [-0.2, 0) is 4.79 Å². The van der Waals surface area contributed by atoms with E-state index in [-0.39, 0.29) is 17.9 Å². The second-order valence-electron chi connectivity index (χ2n) is 3.48. The fraction of sp³-hybridized carbons (Fsp3) is 0.600. The molecule has 0 bridgehead atoms. The van der Waals surface area contributed by atoms with Crippen LogP contribution in [0.2, 0.25) is 0 Å². The van der Waals surface area contributed by atoms with Crippen molar-refractivity contribution in [2.24, 2.45) is 5.92 Å². The quantitative estimate of drug-likeness (QED) is 0.688. The molecule has 14 heavy (non-hydrogen) atoms. The lowest BCUT2D eigenvalue weighted by molar-refractivity contribution is -0.125. The monoisotopic (exact) mass is 196 g/mol. The van der Waals surface area contributed by atoms with Gasteiger partial charge in [0.1, 0.15) is 0 Å². The van der Waals surface area contributed by atoms with Crippen molar-refractivity contribution in [3.63, 3.8) is 0 Å². The van der Waals surface area contributed by atoms with Gasteiger partial charge in [-0.2, -0.15) is 0 Å². The first-order valence-corrected chi connectivity index (χ1v) is 4.90. The molecule has 0 aromatic rings. The molecule has 78 valence electrons. The number of hydrogen-bond donors (Lipinski definition) is 1. The summed E-state index contributed by atoms with van der Waals surface area (Å²) in [5.41, 5.74) is 0. The fourth-order valence-electron chi connectivity index (χ4n) is 1.33. The van der Waals surface area contributed by atoms with E-state index in [1.54, 1.807) is 4.90 Å². The number of rotatable bonds is 3. The van der Waals surface area contributed by atoms with Crippen LogP contribution >= 0.6 is 0 Å². The molecule has 1 N–H and O–H groups in total. The molecule has 0 radical (unpaired) electrons. The van der Waals surface area contributed by atoms with Crippen LogP contribution in [-0.4, -0.2) is 29.9 Å². The molecule has 4 heteroatoms. The number of carbonyl (C=O) groups excluding carboxylic acids is 2. The molecule has 0 aromatic carbocycles.